The lowest BCUT2D eigenvalue weighted by Crippen LogP contribution is -2.25. The Bertz CT molecular complexity index is 1460. The molecule has 2 aromatic carbocycles. The Labute approximate surface area is 307 Å². The van der Waals surface area contributed by atoms with E-state index in [1.165, 1.54) is 121 Å². The second-order valence-electron chi connectivity index (χ2n) is 16.5. The summed E-state index contributed by atoms with van der Waals surface area (Å²) in [5.41, 5.74) is 1.16. The summed E-state index contributed by atoms with van der Waals surface area (Å²) in [5.74, 6) is 15.9. The molecular weight excluding hydrogens is 641 g/mol. The maximum Gasteiger partial charge on any atom is 0.160 e. The molecule has 278 valence electrons. The maximum atomic E-state index is 13.3. The molecule has 0 nitrogen and oxygen atoms in total. The highest BCUT2D eigenvalue weighted by atomic mass is 19.2. The topological polar surface area (TPSA) is 0 Å². The minimum Gasteiger partial charge on any atom is -0.204 e. The van der Waals surface area contributed by atoms with Crippen LogP contribution in [0, 0.1) is 94.3 Å². The first-order valence-electron chi connectivity index (χ1n) is 20.7. The molecule has 0 radical (unpaired) electrons. The van der Waals surface area contributed by atoms with Crippen LogP contribution in [0.4, 0.5) is 17.6 Å². The van der Waals surface area contributed by atoms with E-state index in [1.807, 2.05) is 0 Å². The third-order valence-electron chi connectivity index (χ3n) is 13.0. The van der Waals surface area contributed by atoms with Crippen LogP contribution >= 0.6 is 0 Å². The molecule has 0 atom stereocenters. The second kappa shape index (κ2) is 20.5. The third kappa shape index (κ3) is 12.4. The quantitative estimate of drug-likeness (QED) is 0.199. The van der Waals surface area contributed by atoms with Crippen LogP contribution in [0.3, 0.4) is 0 Å². The lowest BCUT2D eigenvalue weighted by Gasteiger charge is -2.37. The van der Waals surface area contributed by atoms with Gasteiger partial charge in [-0.2, -0.15) is 0 Å². The molecule has 0 bridgehead atoms. The van der Waals surface area contributed by atoms with E-state index in [4.69, 9.17) is 0 Å². The number of hydrogen-bond acceptors (Lipinski definition) is 0. The van der Waals surface area contributed by atoms with Crippen LogP contribution in [0.15, 0.2) is 36.4 Å². The van der Waals surface area contributed by atoms with E-state index < -0.39 is 23.3 Å². The highest BCUT2D eigenvalue weighted by Crippen LogP contribution is 2.43. The van der Waals surface area contributed by atoms with Crippen LogP contribution in [0.2, 0.25) is 0 Å². The van der Waals surface area contributed by atoms with E-state index >= 15 is 0 Å². The van der Waals surface area contributed by atoms with Gasteiger partial charge in [0.15, 0.2) is 23.3 Å². The average molecular weight is 703 g/mol. The van der Waals surface area contributed by atoms with Crippen molar-refractivity contribution < 1.29 is 17.6 Å². The minimum atomic E-state index is -0.811. The van der Waals surface area contributed by atoms with E-state index in [9.17, 15) is 17.6 Å². The van der Waals surface area contributed by atoms with E-state index in [-0.39, 0.29) is 0 Å². The smallest absolute Gasteiger partial charge is 0.160 e. The zero-order valence-corrected chi connectivity index (χ0v) is 31.4. The van der Waals surface area contributed by atoms with Crippen LogP contribution in [0.1, 0.15) is 160 Å². The van der Waals surface area contributed by atoms with Gasteiger partial charge < -0.3 is 0 Å². The molecule has 2 aromatic rings. The summed E-state index contributed by atoms with van der Waals surface area (Å²) >= 11 is 0. The number of hydrogen-bond donors (Lipinski definition) is 0. The summed E-state index contributed by atoms with van der Waals surface area (Å²) in [6.45, 7) is 4.59. The Kier molecular flexibility index (Phi) is 15.9. The molecule has 6 rings (SSSR count). The summed E-state index contributed by atoms with van der Waals surface area (Å²) < 4.78 is 52.4. The summed E-state index contributed by atoms with van der Waals surface area (Å²) in [6, 6.07) is 7.84. The van der Waals surface area contributed by atoms with Crippen molar-refractivity contribution in [2.75, 3.05) is 0 Å². The first-order valence-corrected chi connectivity index (χ1v) is 20.7. The van der Waals surface area contributed by atoms with Gasteiger partial charge >= 0.3 is 0 Å². The van der Waals surface area contributed by atoms with Crippen LogP contribution in [-0.4, -0.2) is 0 Å². The van der Waals surface area contributed by atoms with E-state index in [0.29, 0.717) is 23.0 Å². The third-order valence-corrected chi connectivity index (χ3v) is 13.0. The molecule has 0 aromatic heterocycles. The van der Waals surface area contributed by atoms with Crippen LogP contribution in [0.25, 0.3) is 0 Å². The molecule has 4 aliphatic carbocycles. The number of benzene rings is 2. The van der Waals surface area contributed by atoms with Gasteiger partial charge in [0.05, 0.1) is 0 Å². The molecular formula is C47H62F4. The first-order chi connectivity index (χ1) is 24.8. The Morgan fingerprint density at radius 2 is 0.824 bits per heavy atom. The van der Waals surface area contributed by atoms with E-state index in [1.54, 1.807) is 12.1 Å². The zero-order valence-electron chi connectivity index (χ0n) is 31.4. The van der Waals surface area contributed by atoms with Crippen molar-refractivity contribution in [1.29, 1.82) is 0 Å². The Balaban J connectivity index is 0.000000198. The lowest BCUT2D eigenvalue weighted by atomic mass is 9.69. The van der Waals surface area contributed by atoms with Gasteiger partial charge in [-0.3, -0.25) is 0 Å². The summed E-state index contributed by atoms with van der Waals surface area (Å²) in [4.78, 5) is 0. The van der Waals surface area contributed by atoms with Gasteiger partial charge in [0.1, 0.15) is 0 Å². The van der Waals surface area contributed by atoms with E-state index in [2.05, 4.69) is 37.5 Å². The zero-order chi connectivity index (χ0) is 36.0. The van der Waals surface area contributed by atoms with Crippen molar-refractivity contribution in [3.8, 4) is 23.7 Å². The first kappa shape index (κ1) is 39.5. The predicted molar refractivity (Wildman–Crippen MR) is 203 cm³/mol. The molecule has 0 unspecified atom stereocenters. The van der Waals surface area contributed by atoms with E-state index in [0.717, 1.165) is 73.3 Å². The highest BCUT2D eigenvalue weighted by Gasteiger charge is 2.31. The Hall–Kier alpha value is -2.72. The lowest BCUT2D eigenvalue weighted by molar-refractivity contribution is 0.153. The standard InChI is InChI=1S/C24H32F2.C23H30F2/c1-2-3-4-18-7-12-21(13-8-18)22-14-9-19(10-15-22)5-6-20-11-16-23(25)24(26)17-20;1-2-3-17-6-11-20(12-7-17)21-13-8-18(9-14-21)4-5-19-10-15-22(24)23(25)16-19/h11,16-19,21-22H,2-4,7-10,12-15H2,1H3;10,15-18,20-21H,2-3,6-9,11-14H2,1H3/t18-,19?,21-,22?;17-,18?,20-,21?. The molecule has 4 heteroatoms. The molecule has 0 saturated heterocycles. The maximum absolute atomic E-state index is 13.3. The molecule has 0 amide bonds. The van der Waals surface area contributed by atoms with Gasteiger partial charge in [0, 0.05) is 23.0 Å². The van der Waals surface area contributed by atoms with Gasteiger partial charge in [0.25, 0.3) is 0 Å². The molecule has 4 fully saturated rings. The van der Waals surface area contributed by atoms with Gasteiger partial charge in [-0.1, -0.05) is 95.3 Å². The normalized spacial score (nSPS) is 29.4. The van der Waals surface area contributed by atoms with Crippen molar-refractivity contribution in [1.82, 2.24) is 0 Å². The highest BCUT2D eigenvalue weighted by molar-refractivity contribution is 5.36. The van der Waals surface area contributed by atoms with Crippen molar-refractivity contribution in [2.45, 2.75) is 149 Å². The molecule has 0 spiro atoms. The second-order valence-corrected chi connectivity index (χ2v) is 16.5. The Morgan fingerprint density at radius 1 is 0.451 bits per heavy atom. The van der Waals surface area contributed by atoms with Crippen molar-refractivity contribution in [3.05, 3.63) is 70.8 Å². The molecule has 4 aliphatic rings. The predicted octanol–water partition coefficient (Wildman–Crippen LogP) is 13.8. The minimum absolute atomic E-state index is 0.417. The summed E-state index contributed by atoms with van der Waals surface area (Å²) in [7, 11) is 0. The SMILES string of the molecule is CCCC[C@H]1CC[C@H](C2CCC(C#Cc3ccc(F)c(F)c3)CC2)CC1.CCC[C@H]1CC[C@H](C2CCC(C#Cc3ccc(F)c(F)c3)CC2)CC1. The fourth-order valence-corrected chi connectivity index (χ4v) is 9.79. The van der Waals surface area contributed by atoms with Gasteiger partial charge in [-0.15, -0.1) is 0 Å². The fourth-order valence-electron chi connectivity index (χ4n) is 9.79. The van der Waals surface area contributed by atoms with Crippen LogP contribution < -0.4 is 0 Å². The monoisotopic (exact) mass is 702 g/mol. The molecule has 51 heavy (non-hydrogen) atoms. The van der Waals surface area contributed by atoms with Crippen LogP contribution in [-0.2, 0) is 0 Å². The number of halogens is 4. The number of unbranched alkanes of at least 4 members (excludes halogenated alkanes) is 1. The van der Waals surface area contributed by atoms with Crippen molar-refractivity contribution >= 4 is 0 Å². The van der Waals surface area contributed by atoms with Crippen LogP contribution in [0.5, 0.6) is 0 Å². The fraction of sp³-hybridized carbons (Fsp3) is 0.660. The van der Waals surface area contributed by atoms with Gasteiger partial charge in [-0.05, 0) is 149 Å². The molecule has 0 aliphatic heterocycles. The molecule has 4 saturated carbocycles. The largest absolute Gasteiger partial charge is 0.204 e. The summed E-state index contributed by atoms with van der Waals surface area (Å²) in [6.07, 6.45) is 28.2. The van der Waals surface area contributed by atoms with Gasteiger partial charge in [-0.25, -0.2) is 17.6 Å². The van der Waals surface area contributed by atoms with Crippen molar-refractivity contribution in [3.63, 3.8) is 0 Å². The number of rotatable bonds is 7. The molecule has 0 N–H and O–H groups in total. The molecule has 0 heterocycles. The average Bonchev–Trinajstić information content (AvgIpc) is 3.16. The van der Waals surface area contributed by atoms with Gasteiger partial charge in [0.2, 0.25) is 0 Å². The Morgan fingerprint density at radius 3 is 1.18 bits per heavy atom. The summed E-state index contributed by atoms with van der Waals surface area (Å²) in [5, 5.41) is 0. The van der Waals surface area contributed by atoms with Crippen molar-refractivity contribution in [2.24, 2.45) is 47.3 Å².